The SMILES string of the molecule is CC(C)[C@H](NC(=O)[C@H](Cc1ccccc1)NC(=O)N1CCOCC1)C(=O)/C=C/S(=O)(=O)c1ccccc1. The number of benzene rings is 2. The Morgan fingerprint density at radius 1 is 0.946 bits per heavy atom. The molecular formula is C27H33N3O6S. The highest BCUT2D eigenvalue weighted by molar-refractivity contribution is 7.94. The van der Waals surface area contributed by atoms with Crippen molar-refractivity contribution in [2.75, 3.05) is 26.3 Å². The van der Waals surface area contributed by atoms with Crippen LogP contribution in [0.25, 0.3) is 0 Å². The predicted molar refractivity (Wildman–Crippen MR) is 139 cm³/mol. The van der Waals surface area contributed by atoms with E-state index in [2.05, 4.69) is 10.6 Å². The standard InChI is InChI=1S/C27H33N3O6S/c1-20(2)25(24(31)13-18-37(34,35)22-11-7-4-8-12-22)29-26(32)23(19-21-9-5-3-6-10-21)28-27(33)30-14-16-36-17-15-30/h3-13,18,20,23,25H,14-17,19H2,1-2H3,(H,28,33)(H,29,32)/b18-13+/t23-,25-/m0/s1. The lowest BCUT2D eigenvalue weighted by atomic mass is 9.98. The summed E-state index contributed by atoms with van der Waals surface area (Å²) in [5.41, 5.74) is 0.839. The highest BCUT2D eigenvalue weighted by atomic mass is 32.2. The summed E-state index contributed by atoms with van der Waals surface area (Å²) in [6.45, 7) is 5.18. The van der Waals surface area contributed by atoms with Crippen LogP contribution in [0.5, 0.6) is 0 Å². The van der Waals surface area contributed by atoms with Gasteiger partial charge in [0.2, 0.25) is 5.91 Å². The minimum Gasteiger partial charge on any atom is -0.378 e. The van der Waals surface area contributed by atoms with E-state index in [9.17, 15) is 22.8 Å². The minimum absolute atomic E-state index is 0.0675. The lowest BCUT2D eigenvalue weighted by molar-refractivity contribution is -0.128. The number of ketones is 1. The third-order valence-electron chi connectivity index (χ3n) is 5.95. The Hall–Kier alpha value is -3.50. The number of rotatable bonds is 10. The van der Waals surface area contributed by atoms with Gasteiger partial charge >= 0.3 is 6.03 Å². The summed E-state index contributed by atoms with van der Waals surface area (Å²) in [4.78, 5) is 40.8. The van der Waals surface area contributed by atoms with Crippen LogP contribution >= 0.6 is 0 Å². The van der Waals surface area contributed by atoms with Crippen molar-refractivity contribution in [3.8, 4) is 0 Å². The Labute approximate surface area is 217 Å². The number of amides is 3. The molecule has 1 aliphatic heterocycles. The van der Waals surface area contributed by atoms with Crippen molar-refractivity contribution in [3.05, 3.63) is 77.7 Å². The van der Waals surface area contributed by atoms with Gasteiger partial charge in [-0.2, -0.15) is 0 Å². The van der Waals surface area contributed by atoms with E-state index in [1.165, 1.54) is 12.1 Å². The average Bonchev–Trinajstić information content (AvgIpc) is 2.91. The van der Waals surface area contributed by atoms with Crippen molar-refractivity contribution >= 4 is 27.6 Å². The van der Waals surface area contributed by atoms with Crippen LogP contribution in [0, 0.1) is 5.92 Å². The number of nitrogens with one attached hydrogen (secondary N) is 2. The van der Waals surface area contributed by atoms with E-state index >= 15 is 0 Å². The first kappa shape index (κ1) is 28.1. The van der Waals surface area contributed by atoms with Gasteiger partial charge in [-0.05, 0) is 29.7 Å². The molecule has 0 aromatic heterocycles. The molecule has 2 aromatic rings. The van der Waals surface area contributed by atoms with Crippen molar-refractivity contribution < 1.29 is 27.5 Å². The zero-order chi connectivity index (χ0) is 26.8. The van der Waals surface area contributed by atoms with Crippen LogP contribution in [-0.4, -0.2) is 69.4 Å². The number of ether oxygens (including phenoxy) is 1. The fourth-order valence-electron chi connectivity index (χ4n) is 3.84. The number of urea groups is 1. The Kier molecular flexibility index (Phi) is 9.99. The van der Waals surface area contributed by atoms with E-state index in [0.717, 1.165) is 17.0 Å². The van der Waals surface area contributed by atoms with Gasteiger partial charge in [0, 0.05) is 24.9 Å². The van der Waals surface area contributed by atoms with Crippen molar-refractivity contribution in [2.24, 2.45) is 5.92 Å². The largest absolute Gasteiger partial charge is 0.378 e. The molecule has 1 heterocycles. The van der Waals surface area contributed by atoms with E-state index in [0.29, 0.717) is 26.3 Å². The molecule has 3 amide bonds. The first-order chi connectivity index (χ1) is 17.7. The molecule has 1 aliphatic rings. The molecule has 2 N–H and O–H groups in total. The quantitative estimate of drug-likeness (QED) is 0.458. The molecule has 1 fully saturated rings. The molecule has 1 saturated heterocycles. The number of carbonyl (C=O) groups excluding carboxylic acids is 3. The van der Waals surface area contributed by atoms with Crippen LogP contribution in [0.15, 0.2) is 77.0 Å². The van der Waals surface area contributed by atoms with Crippen LogP contribution in [0.4, 0.5) is 4.79 Å². The first-order valence-electron chi connectivity index (χ1n) is 12.2. The van der Waals surface area contributed by atoms with Gasteiger partial charge < -0.3 is 20.3 Å². The van der Waals surface area contributed by atoms with E-state index in [4.69, 9.17) is 4.74 Å². The molecular weight excluding hydrogens is 494 g/mol. The van der Waals surface area contributed by atoms with Crippen molar-refractivity contribution in [1.82, 2.24) is 15.5 Å². The third kappa shape index (κ3) is 8.26. The minimum atomic E-state index is -3.82. The lowest BCUT2D eigenvalue weighted by Gasteiger charge is -2.30. The Morgan fingerprint density at radius 2 is 1.54 bits per heavy atom. The number of carbonyl (C=O) groups is 3. The van der Waals surface area contributed by atoms with Gasteiger partial charge in [0.25, 0.3) is 0 Å². The van der Waals surface area contributed by atoms with Gasteiger partial charge in [-0.25, -0.2) is 13.2 Å². The van der Waals surface area contributed by atoms with E-state index in [1.807, 2.05) is 30.3 Å². The van der Waals surface area contributed by atoms with Crippen molar-refractivity contribution in [3.63, 3.8) is 0 Å². The van der Waals surface area contributed by atoms with E-state index in [1.54, 1.807) is 36.9 Å². The van der Waals surface area contributed by atoms with Crippen molar-refractivity contribution in [1.29, 1.82) is 0 Å². The van der Waals surface area contributed by atoms with Crippen LogP contribution in [0.2, 0.25) is 0 Å². The molecule has 2 aromatic carbocycles. The number of hydrogen-bond acceptors (Lipinski definition) is 6. The Morgan fingerprint density at radius 3 is 2.14 bits per heavy atom. The molecule has 0 aliphatic carbocycles. The number of morpholine rings is 1. The zero-order valence-electron chi connectivity index (χ0n) is 21.0. The molecule has 2 atom stereocenters. The highest BCUT2D eigenvalue weighted by Crippen LogP contribution is 2.13. The maximum absolute atomic E-state index is 13.3. The third-order valence-corrected chi connectivity index (χ3v) is 7.37. The second-order valence-corrected chi connectivity index (χ2v) is 10.9. The average molecular weight is 528 g/mol. The smallest absolute Gasteiger partial charge is 0.318 e. The summed E-state index contributed by atoms with van der Waals surface area (Å²) < 4.78 is 30.4. The molecule has 0 radical (unpaired) electrons. The van der Waals surface area contributed by atoms with Crippen LogP contribution in [-0.2, 0) is 30.6 Å². The molecule has 0 unspecified atom stereocenters. The van der Waals surface area contributed by atoms with Crippen LogP contribution in [0.3, 0.4) is 0 Å². The molecule has 9 nitrogen and oxygen atoms in total. The lowest BCUT2D eigenvalue weighted by Crippen LogP contribution is -2.56. The summed E-state index contributed by atoms with van der Waals surface area (Å²) in [5.74, 6) is -1.41. The van der Waals surface area contributed by atoms with Gasteiger partial charge in [-0.15, -0.1) is 0 Å². The molecule has 10 heteroatoms. The van der Waals surface area contributed by atoms with Crippen molar-refractivity contribution in [2.45, 2.75) is 37.2 Å². The van der Waals surface area contributed by atoms with Gasteiger partial charge in [0.1, 0.15) is 6.04 Å². The Bertz CT molecular complexity index is 1190. The fraction of sp³-hybridized carbons (Fsp3) is 0.370. The highest BCUT2D eigenvalue weighted by Gasteiger charge is 2.29. The molecule has 37 heavy (non-hydrogen) atoms. The molecule has 198 valence electrons. The normalized spacial score (nSPS) is 15.8. The number of hydrogen-bond donors (Lipinski definition) is 2. The van der Waals surface area contributed by atoms with Gasteiger partial charge in [-0.3, -0.25) is 9.59 Å². The predicted octanol–water partition coefficient (Wildman–Crippen LogP) is 2.34. The maximum Gasteiger partial charge on any atom is 0.318 e. The maximum atomic E-state index is 13.3. The monoisotopic (exact) mass is 527 g/mol. The molecule has 0 bridgehead atoms. The van der Waals surface area contributed by atoms with E-state index in [-0.39, 0.29) is 23.3 Å². The van der Waals surface area contributed by atoms with Gasteiger partial charge in [0.05, 0.1) is 24.2 Å². The topological polar surface area (TPSA) is 122 Å². The Balaban J connectivity index is 1.75. The fourth-order valence-corrected chi connectivity index (χ4v) is 4.84. The first-order valence-corrected chi connectivity index (χ1v) is 13.7. The summed E-state index contributed by atoms with van der Waals surface area (Å²) in [6.07, 6.45) is 1.20. The molecule has 0 saturated carbocycles. The summed E-state index contributed by atoms with van der Waals surface area (Å²) in [5, 5.41) is 6.37. The van der Waals surface area contributed by atoms with Crippen LogP contribution in [0.1, 0.15) is 19.4 Å². The zero-order valence-corrected chi connectivity index (χ0v) is 21.8. The number of nitrogens with zero attached hydrogens (tertiary/aromatic N) is 1. The van der Waals surface area contributed by atoms with Crippen LogP contribution < -0.4 is 10.6 Å². The van der Waals surface area contributed by atoms with E-state index < -0.39 is 33.6 Å². The second-order valence-electron chi connectivity index (χ2n) is 9.08. The summed E-state index contributed by atoms with van der Waals surface area (Å²) in [7, 11) is -3.82. The second kappa shape index (κ2) is 13.2. The summed E-state index contributed by atoms with van der Waals surface area (Å²) >= 11 is 0. The molecule has 3 rings (SSSR count). The number of sulfone groups is 1. The van der Waals surface area contributed by atoms with Gasteiger partial charge in [0.15, 0.2) is 15.6 Å². The van der Waals surface area contributed by atoms with Gasteiger partial charge in [-0.1, -0.05) is 62.4 Å². The molecule has 0 spiro atoms. The summed E-state index contributed by atoms with van der Waals surface area (Å²) in [6, 6.07) is 14.7.